The average molecular weight is 404 g/mol. The summed E-state index contributed by atoms with van der Waals surface area (Å²) in [5.74, 6) is 0. The van der Waals surface area contributed by atoms with Crippen LogP contribution >= 0.6 is 0 Å². The number of aliphatic hydroxyl groups excluding tert-OH is 1. The zero-order chi connectivity index (χ0) is 8.20. The third-order valence-corrected chi connectivity index (χ3v) is 1.50. The van der Waals surface area contributed by atoms with Crippen LogP contribution in [0, 0.1) is 5.41 Å². The zero-order valence-electron chi connectivity index (χ0n) is 7.21. The molecule has 3 nitrogen and oxygen atoms in total. The molecule has 0 saturated heterocycles. The topological polar surface area (TPSA) is 55.5 Å². The second-order valence-electron chi connectivity index (χ2n) is 3.47. The number of nitrogens with two attached hydrogens (primary N) is 1. The van der Waals surface area contributed by atoms with Gasteiger partial charge in [-0.25, -0.2) is 0 Å². The summed E-state index contributed by atoms with van der Waals surface area (Å²) in [5.41, 5.74) is 5.75. The van der Waals surface area contributed by atoms with E-state index in [-0.39, 0.29) is 18.2 Å². The molecule has 0 rings (SSSR count). The van der Waals surface area contributed by atoms with Crippen molar-refractivity contribution in [2.75, 3.05) is 13.4 Å². The quantitative estimate of drug-likeness (QED) is 0.667. The summed E-state index contributed by atoms with van der Waals surface area (Å²) >= 11 is 0. The first kappa shape index (κ1) is 12.5. The molecule has 0 heterocycles. The van der Waals surface area contributed by atoms with E-state index in [4.69, 9.17) is 15.6 Å². The van der Waals surface area contributed by atoms with Gasteiger partial charge in [0.15, 0.2) is 0 Å². The Balaban J connectivity index is 0. The summed E-state index contributed by atoms with van der Waals surface area (Å²) in [6.45, 7) is 6.29. The molecule has 3 N–H and O–H groups in total. The molecule has 0 bridgehead atoms. The Labute approximate surface area is 62.2 Å². The van der Waals surface area contributed by atoms with E-state index in [1.165, 1.54) is 0 Å². The summed E-state index contributed by atoms with van der Waals surface area (Å²) in [6.07, 6.45) is 0. The standard InChI is InChI=1S/C7H17NO2.Fm/c1-7(2,3)6(8)4-10-5-9;/h6,9H,4-5,8H2,1-3H3;. The Hall–Kier alpha value is -1.12. The van der Waals surface area contributed by atoms with E-state index in [1.807, 2.05) is 20.8 Å². The zero-order valence-corrected chi connectivity index (χ0v) is 9.62. The van der Waals surface area contributed by atoms with Crippen molar-refractivity contribution >= 4 is 0 Å². The van der Waals surface area contributed by atoms with E-state index in [2.05, 4.69) is 0 Å². The second-order valence-corrected chi connectivity index (χ2v) is 3.47. The van der Waals surface area contributed by atoms with Crippen LogP contribution < -0.4 is 5.73 Å². The Kier molecular flexibility index (Phi) is 5.31. The molecule has 0 amide bonds. The first-order valence-corrected chi connectivity index (χ1v) is 3.42. The van der Waals surface area contributed by atoms with Crippen molar-refractivity contribution in [2.45, 2.75) is 26.8 Å². The normalized spacial score (nSPS) is 13.9. The summed E-state index contributed by atoms with van der Waals surface area (Å²) in [6, 6.07) is -0.0142. The number of hydrogen-bond donors (Lipinski definition) is 2. The van der Waals surface area contributed by atoms with Gasteiger partial charge in [-0.15, -0.1) is 0 Å². The van der Waals surface area contributed by atoms with Gasteiger partial charge in [-0.2, -0.15) is 0 Å². The molecule has 0 saturated carbocycles. The first-order valence-electron chi connectivity index (χ1n) is 3.42. The fraction of sp³-hybridized carbons (Fsp3) is 1.00. The number of hydrogen-bond acceptors (Lipinski definition) is 3. The number of rotatable bonds is 3. The van der Waals surface area contributed by atoms with Crippen LogP contribution in [-0.2, 0) is 4.74 Å². The first-order chi connectivity index (χ1) is 4.48. The maximum Gasteiger partial charge on any atom is 0.143 e. The molecule has 0 aliphatic heterocycles. The maximum absolute atomic E-state index is 8.30. The van der Waals surface area contributed by atoms with Crippen molar-refractivity contribution in [2.24, 2.45) is 11.1 Å². The third-order valence-electron chi connectivity index (χ3n) is 1.50. The van der Waals surface area contributed by atoms with Crippen LogP contribution in [0.2, 0.25) is 0 Å². The van der Waals surface area contributed by atoms with E-state index in [0.717, 1.165) is 0 Å². The predicted molar refractivity (Wildman–Crippen MR) is 40.5 cm³/mol. The van der Waals surface area contributed by atoms with E-state index >= 15 is 0 Å². The van der Waals surface area contributed by atoms with Gasteiger partial charge in [0, 0.05) is 6.04 Å². The molecule has 0 radical (unpaired) electrons. The van der Waals surface area contributed by atoms with E-state index < -0.39 is 0 Å². The van der Waals surface area contributed by atoms with E-state index in [0.29, 0.717) is 6.61 Å². The van der Waals surface area contributed by atoms with Gasteiger partial charge in [-0.3, -0.25) is 0 Å². The van der Waals surface area contributed by atoms with Crippen molar-refractivity contribution < 1.29 is 9.84 Å². The van der Waals surface area contributed by atoms with Gasteiger partial charge in [-0.1, -0.05) is 20.8 Å². The van der Waals surface area contributed by atoms with Crippen molar-refractivity contribution in [1.29, 1.82) is 0 Å². The monoisotopic (exact) mass is 404 g/mol. The van der Waals surface area contributed by atoms with Crippen LogP contribution in [0.4, 0.5) is 0 Å². The SMILES string of the molecule is CC(C)(C)C(N)COCO.[Fm]. The smallest absolute Gasteiger partial charge is 0.143 e. The van der Waals surface area contributed by atoms with Gasteiger partial charge in [0.1, 0.15) is 6.79 Å². The molecule has 0 aromatic rings. The molecule has 0 spiro atoms. The maximum atomic E-state index is 8.30. The molecule has 74 valence electrons. The van der Waals surface area contributed by atoms with Crippen LogP contribution in [0.5, 0.6) is 0 Å². The molecule has 1 atom stereocenters. The Morgan fingerprint density at radius 3 is 2.18 bits per heavy atom. The van der Waals surface area contributed by atoms with Gasteiger partial charge in [0.05, 0.1) is 6.61 Å². The molecule has 1 unspecified atom stereocenters. The summed E-state index contributed by atoms with van der Waals surface area (Å²) < 4.78 is 4.75. The van der Waals surface area contributed by atoms with Crippen molar-refractivity contribution in [1.82, 2.24) is 0 Å². The van der Waals surface area contributed by atoms with Gasteiger partial charge < -0.3 is 15.6 Å². The summed E-state index contributed by atoms with van der Waals surface area (Å²) in [7, 11) is 0. The van der Waals surface area contributed by atoms with Gasteiger partial charge in [0.25, 0.3) is 0 Å². The average Bonchev–Trinajstić information content (AvgIpc) is 1.80. The minimum absolute atomic E-state index is 0. The Bertz CT molecular complexity index is 92.9. The fourth-order valence-electron chi connectivity index (χ4n) is 0.430. The molecule has 4 heteroatoms. The molecule has 0 fully saturated rings. The molecule has 0 aromatic heterocycles. The second kappa shape index (κ2) is 4.66. The molecule has 11 heavy (non-hydrogen) atoms. The largest absolute Gasteiger partial charge is 0.371 e. The Morgan fingerprint density at radius 2 is 1.91 bits per heavy atom. The third kappa shape index (κ3) is 5.33. The van der Waals surface area contributed by atoms with Gasteiger partial charge in [-0.05, 0) is 5.41 Å². The van der Waals surface area contributed by atoms with Crippen LogP contribution in [-0.4, -0.2) is 24.5 Å². The number of aliphatic hydroxyl groups is 1. The number of ether oxygens (including phenoxy) is 1. The van der Waals surface area contributed by atoms with Crippen LogP contribution in [0.3, 0.4) is 0 Å². The molecule has 0 aliphatic carbocycles. The van der Waals surface area contributed by atoms with Crippen molar-refractivity contribution in [3.8, 4) is 0 Å². The van der Waals surface area contributed by atoms with Crippen molar-refractivity contribution in [3.05, 3.63) is 0 Å². The van der Waals surface area contributed by atoms with E-state index in [9.17, 15) is 0 Å². The van der Waals surface area contributed by atoms with Gasteiger partial charge in [0.2, 0.25) is 0 Å². The summed E-state index contributed by atoms with van der Waals surface area (Å²) in [4.78, 5) is 0. The minimum Gasteiger partial charge on any atom is -0.371 e. The molecule has 0 aliphatic rings. The van der Waals surface area contributed by atoms with Crippen LogP contribution in [0.25, 0.3) is 0 Å². The predicted octanol–water partition coefficient (Wildman–Crippen LogP) is 0.326. The summed E-state index contributed by atoms with van der Waals surface area (Å²) in [5, 5.41) is 8.30. The van der Waals surface area contributed by atoms with Crippen LogP contribution in [0.15, 0.2) is 0 Å². The fourth-order valence-corrected chi connectivity index (χ4v) is 0.430. The van der Waals surface area contributed by atoms with Crippen molar-refractivity contribution in [3.63, 3.8) is 0 Å². The van der Waals surface area contributed by atoms with E-state index in [1.54, 1.807) is 0 Å². The minimum atomic E-state index is -0.246. The van der Waals surface area contributed by atoms with Crippen LogP contribution in [0.1, 0.15) is 20.8 Å². The van der Waals surface area contributed by atoms with Gasteiger partial charge >= 0.3 is 0 Å². The molecular formula is C7H17FmNO2. The Morgan fingerprint density at radius 1 is 1.45 bits per heavy atom. The molecule has 0 aromatic carbocycles. The molecular weight excluding hydrogens is 387 g/mol.